The fourth-order valence-corrected chi connectivity index (χ4v) is 2.77. The smallest absolute Gasteiger partial charge is 0.0141 e. The van der Waals surface area contributed by atoms with E-state index < -0.39 is 0 Å². The second-order valence-electron chi connectivity index (χ2n) is 4.69. The van der Waals surface area contributed by atoms with Gasteiger partial charge in [-0.2, -0.15) is 0 Å². The predicted molar refractivity (Wildman–Crippen MR) is 62.7 cm³/mol. The molecule has 1 aromatic rings. The van der Waals surface area contributed by atoms with Crippen LogP contribution in [0.1, 0.15) is 36.4 Å². The molecule has 1 aliphatic carbocycles. The van der Waals surface area contributed by atoms with Crippen molar-refractivity contribution >= 4 is 11.3 Å². The SMILES string of the molecule is CCc1ccc(CC(N)C2(C)CC2)s1. The maximum absolute atomic E-state index is 6.20. The van der Waals surface area contributed by atoms with Gasteiger partial charge in [0.2, 0.25) is 0 Å². The van der Waals surface area contributed by atoms with Gasteiger partial charge in [0.25, 0.3) is 0 Å². The van der Waals surface area contributed by atoms with Crippen LogP contribution >= 0.6 is 11.3 Å². The van der Waals surface area contributed by atoms with E-state index >= 15 is 0 Å². The van der Waals surface area contributed by atoms with Gasteiger partial charge in [0.15, 0.2) is 0 Å². The van der Waals surface area contributed by atoms with Crippen LogP contribution in [0, 0.1) is 5.41 Å². The van der Waals surface area contributed by atoms with Gasteiger partial charge >= 0.3 is 0 Å². The number of hydrogen-bond acceptors (Lipinski definition) is 2. The van der Waals surface area contributed by atoms with E-state index in [1.807, 2.05) is 11.3 Å². The third-order valence-corrected chi connectivity index (χ3v) is 4.67. The first-order chi connectivity index (χ1) is 6.64. The normalized spacial score (nSPS) is 20.8. The van der Waals surface area contributed by atoms with E-state index in [0.29, 0.717) is 11.5 Å². The highest BCUT2D eigenvalue weighted by molar-refractivity contribution is 7.11. The summed E-state index contributed by atoms with van der Waals surface area (Å²) < 4.78 is 0. The van der Waals surface area contributed by atoms with Crippen LogP contribution in [0.4, 0.5) is 0 Å². The third kappa shape index (κ3) is 2.01. The van der Waals surface area contributed by atoms with Gasteiger partial charge < -0.3 is 5.73 Å². The zero-order chi connectivity index (χ0) is 10.2. The van der Waals surface area contributed by atoms with Crippen molar-refractivity contribution in [3.8, 4) is 0 Å². The van der Waals surface area contributed by atoms with Crippen molar-refractivity contribution in [2.24, 2.45) is 11.1 Å². The van der Waals surface area contributed by atoms with Gasteiger partial charge in [-0.05, 0) is 43.2 Å². The molecule has 1 nitrogen and oxygen atoms in total. The lowest BCUT2D eigenvalue weighted by Crippen LogP contribution is -2.31. The van der Waals surface area contributed by atoms with E-state index in [2.05, 4.69) is 26.0 Å². The zero-order valence-corrected chi connectivity index (χ0v) is 9.86. The third-order valence-electron chi connectivity index (χ3n) is 3.42. The van der Waals surface area contributed by atoms with Crippen molar-refractivity contribution in [3.63, 3.8) is 0 Å². The topological polar surface area (TPSA) is 26.0 Å². The van der Waals surface area contributed by atoms with Crippen molar-refractivity contribution in [2.75, 3.05) is 0 Å². The summed E-state index contributed by atoms with van der Waals surface area (Å²) in [5.41, 5.74) is 6.66. The van der Waals surface area contributed by atoms with Crippen molar-refractivity contribution in [1.29, 1.82) is 0 Å². The van der Waals surface area contributed by atoms with Gasteiger partial charge in [0.05, 0.1) is 0 Å². The number of thiophene rings is 1. The van der Waals surface area contributed by atoms with Crippen LogP contribution in [0.3, 0.4) is 0 Å². The summed E-state index contributed by atoms with van der Waals surface area (Å²) in [7, 11) is 0. The van der Waals surface area contributed by atoms with E-state index in [4.69, 9.17) is 5.73 Å². The van der Waals surface area contributed by atoms with Crippen LogP contribution in [0.5, 0.6) is 0 Å². The van der Waals surface area contributed by atoms with Crippen molar-refractivity contribution in [1.82, 2.24) is 0 Å². The summed E-state index contributed by atoms with van der Waals surface area (Å²) in [6.45, 7) is 4.52. The zero-order valence-electron chi connectivity index (χ0n) is 9.05. The lowest BCUT2D eigenvalue weighted by Gasteiger charge is -2.17. The van der Waals surface area contributed by atoms with Crippen molar-refractivity contribution in [2.45, 2.75) is 45.6 Å². The first-order valence-electron chi connectivity index (χ1n) is 5.47. The average molecular weight is 209 g/mol. The molecule has 0 radical (unpaired) electrons. The molecular weight excluding hydrogens is 190 g/mol. The molecule has 0 spiro atoms. The number of hydrogen-bond donors (Lipinski definition) is 1. The summed E-state index contributed by atoms with van der Waals surface area (Å²) >= 11 is 1.93. The molecule has 1 unspecified atom stereocenters. The molecule has 1 atom stereocenters. The Hall–Kier alpha value is -0.340. The molecule has 2 N–H and O–H groups in total. The number of rotatable bonds is 4. The second kappa shape index (κ2) is 3.67. The van der Waals surface area contributed by atoms with Crippen LogP contribution in [0.2, 0.25) is 0 Å². The summed E-state index contributed by atoms with van der Waals surface area (Å²) in [6.07, 6.45) is 4.86. The fraction of sp³-hybridized carbons (Fsp3) is 0.667. The van der Waals surface area contributed by atoms with Crippen LogP contribution in [-0.2, 0) is 12.8 Å². The van der Waals surface area contributed by atoms with E-state index in [-0.39, 0.29) is 0 Å². The lowest BCUT2D eigenvalue weighted by atomic mass is 9.96. The molecule has 1 aliphatic rings. The minimum Gasteiger partial charge on any atom is -0.327 e. The summed E-state index contributed by atoms with van der Waals surface area (Å²) in [5, 5.41) is 0. The summed E-state index contributed by atoms with van der Waals surface area (Å²) in [6, 6.07) is 4.85. The minimum absolute atomic E-state index is 0.367. The molecule has 1 heterocycles. The molecule has 1 saturated carbocycles. The maximum Gasteiger partial charge on any atom is 0.0141 e. The summed E-state index contributed by atoms with van der Waals surface area (Å²) in [4.78, 5) is 2.94. The minimum atomic E-state index is 0.367. The Morgan fingerprint density at radius 2 is 2.07 bits per heavy atom. The Balaban J connectivity index is 1.96. The summed E-state index contributed by atoms with van der Waals surface area (Å²) in [5.74, 6) is 0. The quantitative estimate of drug-likeness (QED) is 0.810. The van der Waals surface area contributed by atoms with Gasteiger partial charge in [-0.25, -0.2) is 0 Å². The molecule has 2 heteroatoms. The first kappa shape index (κ1) is 10.2. The average Bonchev–Trinajstić information content (AvgIpc) is 2.77. The van der Waals surface area contributed by atoms with Crippen molar-refractivity contribution < 1.29 is 0 Å². The van der Waals surface area contributed by atoms with Gasteiger partial charge in [0, 0.05) is 15.8 Å². The standard InChI is InChI=1S/C12H19NS/c1-3-9-4-5-10(14-9)8-11(13)12(2)6-7-12/h4-5,11H,3,6-8,13H2,1-2H3. The monoisotopic (exact) mass is 209 g/mol. The fourth-order valence-electron chi connectivity index (χ4n) is 1.75. The molecular formula is C12H19NS. The van der Waals surface area contributed by atoms with Gasteiger partial charge in [-0.15, -0.1) is 11.3 Å². The highest BCUT2D eigenvalue weighted by atomic mass is 32.1. The molecule has 14 heavy (non-hydrogen) atoms. The lowest BCUT2D eigenvalue weighted by molar-refractivity contribution is 0.435. The Bertz CT molecular complexity index is 312. The molecule has 1 fully saturated rings. The predicted octanol–water partition coefficient (Wildman–Crippen LogP) is 2.98. The Labute approximate surface area is 90.3 Å². The second-order valence-corrected chi connectivity index (χ2v) is 5.94. The molecule has 0 bridgehead atoms. The van der Waals surface area contributed by atoms with Gasteiger partial charge in [-0.1, -0.05) is 13.8 Å². The van der Waals surface area contributed by atoms with Crippen LogP contribution < -0.4 is 5.73 Å². The number of nitrogens with two attached hydrogens (primary N) is 1. The van der Waals surface area contributed by atoms with Gasteiger partial charge in [0.1, 0.15) is 0 Å². The highest BCUT2D eigenvalue weighted by Crippen LogP contribution is 2.48. The molecule has 1 aromatic heterocycles. The van der Waals surface area contributed by atoms with Crippen LogP contribution in [0.15, 0.2) is 12.1 Å². The Morgan fingerprint density at radius 3 is 2.57 bits per heavy atom. The maximum atomic E-state index is 6.20. The number of aryl methyl sites for hydroxylation is 1. The largest absolute Gasteiger partial charge is 0.327 e. The van der Waals surface area contributed by atoms with E-state index in [9.17, 15) is 0 Å². The van der Waals surface area contributed by atoms with E-state index in [1.54, 1.807) is 0 Å². The van der Waals surface area contributed by atoms with Crippen molar-refractivity contribution in [3.05, 3.63) is 21.9 Å². The van der Waals surface area contributed by atoms with Crippen LogP contribution in [0.25, 0.3) is 0 Å². The molecule has 0 aliphatic heterocycles. The first-order valence-corrected chi connectivity index (χ1v) is 6.29. The van der Waals surface area contributed by atoms with E-state index in [1.165, 1.54) is 22.6 Å². The van der Waals surface area contributed by atoms with E-state index in [0.717, 1.165) is 12.8 Å². The molecule has 78 valence electrons. The van der Waals surface area contributed by atoms with Crippen LogP contribution in [-0.4, -0.2) is 6.04 Å². The molecule has 0 amide bonds. The molecule has 2 rings (SSSR count). The molecule has 0 saturated heterocycles. The Kier molecular flexibility index (Phi) is 2.67. The Morgan fingerprint density at radius 1 is 1.43 bits per heavy atom. The van der Waals surface area contributed by atoms with Gasteiger partial charge in [-0.3, -0.25) is 0 Å². The molecule has 0 aromatic carbocycles. The highest BCUT2D eigenvalue weighted by Gasteiger charge is 2.42.